The van der Waals surface area contributed by atoms with Crippen molar-refractivity contribution in [1.29, 1.82) is 5.41 Å². The van der Waals surface area contributed by atoms with Gasteiger partial charge >= 0.3 is 0 Å². The molecule has 5 nitrogen and oxygen atoms in total. The van der Waals surface area contributed by atoms with Crippen molar-refractivity contribution >= 4 is 11.5 Å². The topological polar surface area (TPSA) is 69.2 Å². The van der Waals surface area contributed by atoms with Crippen LogP contribution < -0.4 is 10.6 Å². The quantitative estimate of drug-likeness (QED) is 0.615. The maximum Gasteiger partial charge on any atom is 0.143 e. The molecule has 0 bridgehead atoms. The molecule has 3 N–H and O–H groups in total. The van der Waals surface area contributed by atoms with Gasteiger partial charge in [0.1, 0.15) is 11.5 Å². The number of nitrogens with one attached hydrogen (secondary N) is 1. The first kappa shape index (κ1) is 12.8. The fourth-order valence-corrected chi connectivity index (χ4v) is 2.54. The van der Waals surface area contributed by atoms with Crippen molar-refractivity contribution < 1.29 is 0 Å². The van der Waals surface area contributed by atoms with Crippen molar-refractivity contribution in [2.45, 2.75) is 18.9 Å². The Labute approximate surface area is 108 Å². The van der Waals surface area contributed by atoms with Crippen LogP contribution in [0.4, 0.5) is 5.69 Å². The summed E-state index contributed by atoms with van der Waals surface area (Å²) in [4.78, 5) is 8.76. The number of hydrogen-bond donors (Lipinski definition) is 2. The highest BCUT2D eigenvalue weighted by molar-refractivity contribution is 5.98. The van der Waals surface area contributed by atoms with Crippen LogP contribution >= 0.6 is 0 Å². The lowest BCUT2D eigenvalue weighted by molar-refractivity contribution is 0.248. The van der Waals surface area contributed by atoms with Crippen molar-refractivity contribution in [3.63, 3.8) is 0 Å². The average Bonchev–Trinajstić information content (AvgIpc) is 2.38. The monoisotopic (exact) mass is 247 g/mol. The summed E-state index contributed by atoms with van der Waals surface area (Å²) >= 11 is 0. The largest absolute Gasteiger partial charge is 0.382 e. The summed E-state index contributed by atoms with van der Waals surface area (Å²) in [5, 5.41) is 7.60. The number of nitrogens with zero attached hydrogens (tertiary/aromatic N) is 3. The molecule has 0 aromatic carbocycles. The molecule has 98 valence electrons. The third-order valence-corrected chi connectivity index (χ3v) is 3.57. The minimum Gasteiger partial charge on any atom is -0.382 e. The molecule has 1 atom stereocenters. The van der Waals surface area contributed by atoms with Crippen molar-refractivity contribution in [1.82, 2.24) is 9.88 Å². The third-order valence-electron chi connectivity index (χ3n) is 3.57. The van der Waals surface area contributed by atoms with Crippen molar-refractivity contribution in [2.75, 3.05) is 32.1 Å². The number of nitrogen functional groups attached to an aromatic ring is 1. The van der Waals surface area contributed by atoms with Gasteiger partial charge in [0.05, 0.1) is 5.69 Å². The molecule has 1 fully saturated rings. The highest BCUT2D eigenvalue weighted by Gasteiger charge is 2.23. The third kappa shape index (κ3) is 2.61. The summed E-state index contributed by atoms with van der Waals surface area (Å²) in [6.07, 6.45) is 4.06. The number of rotatable bonds is 3. The summed E-state index contributed by atoms with van der Waals surface area (Å²) in [6, 6.07) is 4.34. The second kappa shape index (κ2) is 5.35. The molecular formula is C13H21N5. The number of pyridine rings is 1. The average molecular weight is 247 g/mol. The predicted molar refractivity (Wildman–Crippen MR) is 74.2 cm³/mol. The van der Waals surface area contributed by atoms with E-state index in [1.165, 1.54) is 12.8 Å². The van der Waals surface area contributed by atoms with Gasteiger partial charge in [-0.25, -0.2) is 0 Å². The van der Waals surface area contributed by atoms with E-state index in [9.17, 15) is 0 Å². The predicted octanol–water partition coefficient (Wildman–Crippen LogP) is 0.896. The first-order chi connectivity index (χ1) is 8.59. The molecule has 0 radical (unpaired) electrons. The lowest BCUT2D eigenvalue weighted by Gasteiger charge is -2.37. The number of amidine groups is 1. The van der Waals surface area contributed by atoms with Crippen molar-refractivity contribution in [3.05, 3.63) is 24.0 Å². The second-order valence-electron chi connectivity index (χ2n) is 4.95. The van der Waals surface area contributed by atoms with E-state index in [1.807, 2.05) is 12.1 Å². The number of aromatic nitrogens is 1. The summed E-state index contributed by atoms with van der Waals surface area (Å²) in [7, 11) is 4.21. The summed E-state index contributed by atoms with van der Waals surface area (Å²) in [5.41, 5.74) is 7.12. The minimum absolute atomic E-state index is 0.0293. The van der Waals surface area contributed by atoms with Crippen LogP contribution in [0.5, 0.6) is 0 Å². The van der Waals surface area contributed by atoms with Gasteiger partial charge in [0.2, 0.25) is 0 Å². The number of nitrogens with two attached hydrogens (primary N) is 1. The van der Waals surface area contributed by atoms with E-state index in [1.54, 1.807) is 6.20 Å². The van der Waals surface area contributed by atoms with Crippen LogP contribution in [0, 0.1) is 5.41 Å². The van der Waals surface area contributed by atoms with Crippen LogP contribution in [-0.4, -0.2) is 48.9 Å². The molecule has 1 saturated heterocycles. The Hall–Kier alpha value is -1.62. The standard InChI is InChI=1S/C13H21N5/c1-17-8-4-5-10(9-17)18(2)11-6-3-7-16-12(11)13(14)15/h3,6-7,10H,4-5,8-9H2,1-2H3,(H3,14,15). The zero-order valence-electron chi connectivity index (χ0n) is 11.1. The highest BCUT2D eigenvalue weighted by atomic mass is 15.2. The van der Waals surface area contributed by atoms with Gasteiger partial charge in [-0.3, -0.25) is 10.4 Å². The van der Waals surface area contributed by atoms with E-state index in [0.29, 0.717) is 11.7 Å². The van der Waals surface area contributed by atoms with Gasteiger partial charge < -0.3 is 15.5 Å². The molecule has 1 aromatic heterocycles. The fourth-order valence-electron chi connectivity index (χ4n) is 2.54. The van der Waals surface area contributed by atoms with Gasteiger partial charge in [-0.2, -0.15) is 0 Å². The van der Waals surface area contributed by atoms with Crippen LogP contribution in [-0.2, 0) is 0 Å². The number of piperidine rings is 1. The summed E-state index contributed by atoms with van der Waals surface area (Å²) in [5.74, 6) is 0.0293. The summed E-state index contributed by atoms with van der Waals surface area (Å²) < 4.78 is 0. The normalized spacial score (nSPS) is 20.7. The molecule has 2 rings (SSSR count). The Bertz CT molecular complexity index is 431. The van der Waals surface area contributed by atoms with Crippen LogP contribution in [0.3, 0.4) is 0 Å². The molecular weight excluding hydrogens is 226 g/mol. The first-order valence-electron chi connectivity index (χ1n) is 6.30. The zero-order valence-corrected chi connectivity index (χ0v) is 11.1. The van der Waals surface area contributed by atoms with E-state index < -0.39 is 0 Å². The van der Waals surface area contributed by atoms with Gasteiger partial charge in [-0.1, -0.05) is 0 Å². The Balaban J connectivity index is 2.22. The smallest absolute Gasteiger partial charge is 0.143 e. The second-order valence-corrected chi connectivity index (χ2v) is 4.95. The van der Waals surface area contributed by atoms with Crippen molar-refractivity contribution in [3.8, 4) is 0 Å². The van der Waals surface area contributed by atoms with Crippen molar-refractivity contribution in [2.24, 2.45) is 5.73 Å². The Kier molecular flexibility index (Phi) is 3.81. The molecule has 1 aliphatic heterocycles. The highest BCUT2D eigenvalue weighted by Crippen LogP contribution is 2.23. The molecule has 1 aliphatic rings. The number of likely N-dealkylation sites (N-methyl/N-ethyl adjacent to an activating group) is 2. The van der Waals surface area contributed by atoms with E-state index in [-0.39, 0.29) is 5.84 Å². The SMILES string of the molecule is CN1CCCC(N(C)c2cccnc2C(=N)N)C1. The number of hydrogen-bond acceptors (Lipinski definition) is 4. The Morgan fingerprint density at radius 2 is 2.39 bits per heavy atom. The number of anilines is 1. The zero-order chi connectivity index (χ0) is 13.1. The molecule has 18 heavy (non-hydrogen) atoms. The maximum absolute atomic E-state index is 7.60. The Morgan fingerprint density at radius 3 is 3.06 bits per heavy atom. The van der Waals surface area contributed by atoms with Gasteiger partial charge in [0, 0.05) is 25.8 Å². The molecule has 2 heterocycles. The maximum atomic E-state index is 7.60. The van der Waals surface area contributed by atoms with E-state index in [2.05, 4.69) is 28.9 Å². The Morgan fingerprint density at radius 1 is 1.61 bits per heavy atom. The lowest BCUT2D eigenvalue weighted by atomic mass is 10.0. The molecule has 0 spiro atoms. The minimum atomic E-state index is 0.0293. The van der Waals surface area contributed by atoms with Gasteiger partial charge in [0.25, 0.3) is 0 Å². The molecule has 1 unspecified atom stereocenters. The number of likely N-dealkylation sites (tertiary alicyclic amines) is 1. The first-order valence-corrected chi connectivity index (χ1v) is 6.30. The van der Waals surface area contributed by atoms with Gasteiger partial charge in [-0.15, -0.1) is 0 Å². The van der Waals surface area contributed by atoms with Crippen LogP contribution in [0.25, 0.3) is 0 Å². The van der Waals surface area contributed by atoms with E-state index in [4.69, 9.17) is 11.1 Å². The lowest BCUT2D eigenvalue weighted by Crippen LogP contribution is -2.45. The van der Waals surface area contributed by atoms with Crippen LogP contribution in [0.1, 0.15) is 18.5 Å². The summed E-state index contributed by atoms with van der Waals surface area (Å²) in [6.45, 7) is 2.21. The van der Waals surface area contributed by atoms with Gasteiger partial charge in [-0.05, 0) is 38.6 Å². The molecule has 0 aliphatic carbocycles. The van der Waals surface area contributed by atoms with Crippen LogP contribution in [0.2, 0.25) is 0 Å². The van der Waals surface area contributed by atoms with E-state index in [0.717, 1.165) is 18.8 Å². The van der Waals surface area contributed by atoms with E-state index >= 15 is 0 Å². The molecule has 5 heteroatoms. The fraction of sp³-hybridized carbons (Fsp3) is 0.538. The van der Waals surface area contributed by atoms with Gasteiger partial charge in [0.15, 0.2) is 0 Å². The molecule has 0 amide bonds. The van der Waals surface area contributed by atoms with Crippen LogP contribution in [0.15, 0.2) is 18.3 Å². The molecule has 0 saturated carbocycles. The molecule has 1 aromatic rings.